The third kappa shape index (κ3) is 3.17. The molecule has 0 radical (unpaired) electrons. The number of aryl methyl sites for hydroxylation is 1. The van der Waals surface area contributed by atoms with Crippen LogP contribution in [0, 0.1) is 6.92 Å². The van der Waals surface area contributed by atoms with Crippen molar-refractivity contribution in [3.63, 3.8) is 0 Å². The monoisotopic (exact) mass is 240 g/mol. The topological polar surface area (TPSA) is 34.5 Å². The van der Waals surface area contributed by atoms with Gasteiger partial charge in [-0.3, -0.25) is 9.98 Å². The summed E-state index contributed by atoms with van der Waals surface area (Å²) in [5.74, 6) is 0.783. The Hall–Kier alpha value is -2.16. The van der Waals surface area contributed by atoms with Crippen LogP contribution in [0.5, 0.6) is 5.75 Å². The smallest absolute Gasteiger partial charge is 0.144 e. The fourth-order valence-electron chi connectivity index (χ4n) is 1.68. The summed E-state index contributed by atoms with van der Waals surface area (Å²) in [4.78, 5) is 8.70. The van der Waals surface area contributed by atoms with Crippen LogP contribution in [0.2, 0.25) is 0 Å². The van der Waals surface area contributed by atoms with E-state index in [-0.39, 0.29) is 0 Å². The van der Waals surface area contributed by atoms with Crippen LogP contribution in [0.15, 0.2) is 47.6 Å². The minimum Gasteiger partial charge on any atom is -0.494 e. The van der Waals surface area contributed by atoms with Crippen molar-refractivity contribution in [1.82, 2.24) is 4.98 Å². The summed E-state index contributed by atoms with van der Waals surface area (Å²) in [6.07, 6.45) is 4.40. The SMILES string of the molecule is COc1ccccc1N=CCc1cc(C)ccn1. The molecule has 92 valence electrons. The van der Waals surface area contributed by atoms with Gasteiger partial charge in [0, 0.05) is 24.5 Å². The summed E-state index contributed by atoms with van der Waals surface area (Å²) in [5.41, 5.74) is 3.08. The lowest BCUT2D eigenvalue weighted by Gasteiger charge is -2.02. The number of rotatable bonds is 4. The standard InChI is InChI=1S/C15H16N2O/c1-12-7-9-16-13(11-12)8-10-17-14-5-3-4-6-15(14)18-2/h3-7,9-11H,8H2,1-2H3. The van der Waals surface area contributed by atoms with Crippen molar-refractivity contribution in [3.05, 3.63) is 53.9 Å². The van der Waals surface area contributed by atoms with Crippen LogP contribution in [0.25, 0.3) is 0 Å². The van der Waals surface area contributed by atoms with Gasteiger partial charge >= 0.3 is 0 Å². The van der Waals surface area contributed by atoms with Crippen LogP contribution in [0.4, 0.5) is 5.69 Å². The van der Waals surface area contributed by atoms with Crippen LogP contribution in [0.1, 0.15) is 11.3 Å². The molecule has 1 aromatic heterocycles. The molecule has 0 bridgehead atoms. The second-order valence-electron chi connectivity index (χ2n) is 4.01. The van der Waals surface area contributed by atoms with Crippen molar-refractivity contribution in [2.75, 3.05) is 7.11 Å². The van der Waals surface area contributed by atoms with Crippen LogP contribution >= 0.6 is 0 Å². The number of ether oxygens (including phenoxy) is 1. The number of para-hydroxylation sites is 2. The Labute approximate surface area is 107 Å². The van der Waals surface area contributed by atoms with E-state index in [9.17, 15) is 0 Å². The summed E-state index contributed by atoms with van der Waals surface area (Å²) < 4.78 is 5.24. The van der Waals surface area contributed by atoms with Crippen LogP contribution in [-0.4, -0.2) is 18.3 Å². The maximum Gasteiger partial charge on any atom is 0.144 e. The van der Waals surface area contributed by atoms with Crippen molar-refractivity contribution in [2.24, 2.45) is 4.99 Å². The Balaban J connectivity index is 2.07. The molecular formula is C15H16N2O. The number of benzene rings is 1. The van der Waals surface area contributed by atoms with Crippen LogP contribution < -0.4 is 4.74 Å². The molecule has 2 rings (SSSR count). The minimum absolute atomic E-state index is 0.722. The van der Waals surface area contributed by atoms with Crippen molar-refractivity contribution in [1.29, 1.82) is 0 Å². The average Bonchev–Trinajstić information content (AvgIpc) is 2.39. The second-order valence-corrected chi connectivity index (χ2v) is 4.01. The van der Waals surface area contributed by atoms with Gasteiger partial charge in [-0.2, -0.15) is 0 Å². The van der Waals surface area contributed by atoms with Gasteiger partial charge in [-0.15, -0.1) is 0 Å². The van der Waals surface area contributed by atoms with Crippen LogP contribution in [0.3, 0.4) is 0 Å². The van der Waals surface area contributed by atoms with Gasteiger partial charge in [0.15, 0.2) is 0 Å². The van der Waals surface area contributed by atoms with E-state index < -0.39 is 0 Å². The number of hydrogen-bond acceptors (Lipinski definition) is 3. The normalized spacial score (nSPS) is 10.8. The van der Waals surface area contributed by atoms with Gasteiger partial charge in [0.05, 0.1) is 7.11 Å². The second kappa shape index (κ2) is 5.96. The number of aromatic nitrogens is 1. The maximum absolute atomic E-state index is 5.24. The first kappa shape index (κ1) is 12.3. The van der Waals surface area contributed by atoms with Crippen molar-refractivity contribution < 1.29 is 4.74 Å². The molecule has 3 heteroatoms. The van der Waals surface area contributed by atoms with Crippen molar-refractivity contribution in [3.8, 4) is 5.75 Å². The fourth-order valence-corrected chi connectivity index (χ4v) is 1.68. The molecule has 0 unspecified atom stereocenters. The lowest BCUT2D eigenvalue weighted by molar-refractivity contribution is 0.416. The highest BCUT2D eigenvalue weighted by molar-refractivity contribution is 5.68. The fraction of sp³-hybridized carbons (Fsp3) is 0.200. The third-order valence-electron chi connectivity index (χ3n) is 2.59. The first-order chi connectivity index (χ1) is 8.79. The molecule has 0 aliphatic heterocycles. The zero-order valence-corrected chi connectivity index (χ0v) is 10.6. The van der Waals surface area contributed by atoms with E-state index in [1.807, 2.05) is 42.7 Å². The van der Waals surface area contributed by atoms with Gasteiger partial charge in [0.25, 0.3) is 0 Å². The molecule has 0 saturated carbocycles. The summed E-state index contributed by atoms with van der Waals surface area (Å²) in [6, 6.07) is 11.8. The number of nitrogens with zero attached hydrogens (tertiary/aromatic N) is 2. The average molecular weight is 240 g/mol. The molecule has 2 aromatic rings. The van der Waals surface area contributed by atoms with E-state index in [2.05, 4.69) is 23.0 Å². The highest BCUT2D eigenvalue weighted by Gasteiger charge is 1.98. The van der Waals surface area contributed by atoms with Crippen molar-refractivity contribution >= 4 is 11.9 Å². The Morgan fingerprint density at radius 3 is 2.89 bits per heavy atom. The Morgan fingerprint density at radius 1 is 1.28 bits per heavy atom. The van der Waals surface area contributed by atoms with Gasteiger partial charge in [0.1, 0.15) is 11.4 Å². The molecule has 0 amide bonds. The number of hydrogen-bond donors (Lipinski definition) is 0. The zero-order chi connectivity index (χ0) is 12.8. The van der Waals surface area contributed by atoms with Gasteiger partial charge in [-0.1, -0.05) is 12.1 Å². The molecule has 0 aliphatic carbocycles. The lowest BCUT2D eigenvalue weighted by atomic mass is 10.2. The predicted octanol–water partition coefficient (Wildman–Crippen LogP) is 3.34. The number of aliphatic imine (C=N–C) groups is 1. The lowest BCUT2D eigenvalue weighted by Crippen LogP contribution is -1.91. The van der Waals surface area contributed by atoms with E-state index in [4.69, 9.17) is 4.74 Å². The van der Waals surface area contributed by atoms with Gasteiger partial charge in [-0.05, 0) is 36.8 Å². The Morgan fingerprint density at radius 2 is 2.11 bits per heavy atom. The summed E-state index contributed by atoms with van der Waals surface area (Å²) in [7, 11) is 1.65. The van der Waals surface area contributed by atoms with E-state index in [1.165, 1.54) is 5.56 Å². The molecule has 3 nitrogen and oxygen atoms in total. The minimum atomic E-state index is 0.722. The van der Waals surface area contributed by atoms with Gasteiger partial charge in [0.2, 0.25) is 0 Å². The van der Waals surface area contributed by atoms with Crippen molar-refractivity contribution in [2.45, 2.75) is 13.3 Å². The number of methoxy groups -OCH3 is 1. The highest BCUT2D eigenvalue weighted by Crippen LogP contribution is 2.25. The zero-order valence-electron chi connectivity index (χ0n) is 10.6. The Kier molecular flexibility index (Phi) is 4.07. The molecule has 0 saturated heterocycles. The molecule has 0 aliphatic rings. The molecule has 1 aromatic carbocycles. The van der Waals surface area contributed by atoms with E-state index in [0.29, 0.717) is 0 Å². The molecule has 0 fully saturated rings. The van der Waals surface area contributed by atoms with Crippen LogP contribution in [-0.2, 0) is 6.42 Å². The molecule has 1 heterocycles. The molecular weight excluding hydrogens is 224 g/mol. The molecule has 18 heavy (non-hydrogen) atoms. The largest absolute Gasteiger partial charge is 0.494 e. The highest BCUT2D eigenvalue weighted by atomic mass is 16.5. The first-order valence-corrected chi connectivity index (χ1v) is 5.86. The third-order valence-corrected chi connectivity index (χ3v) is 2.59. The summed E-state index contributed by atoms with van der Waals surface area (Å²) in [6.45, 7) is 2.06. The van der Waals surface area contributed by atoms with E-state index in [0.717, 1.165) is 23.6 Å². The predicted molar refractivity (Wildman–Crippen MR) is 73.8 cm³/mol. The summed E-state index contributed by atoms with van der Waals surface area (Å²) in [5, 5.41) is 0. The molecule has 0 atom stereocenters. The van der Waals surface area contributed by atoms with Gasteiger partial charge in [-0.25, -0.2) is 0 Å². The summed E-state index contributed by atoms with van der Waals surface area (Å²) >= 11 is 0. The number of pyridine rings is 1. The van der Waals surface area contributed by atoms with E-state index >= 15 is 0 Å². The van der Waals surface area contributed by atoms with E-state index in [1.54, 1.807) is 7.11 Å². The molecule has 0 N–H and O–H groups in total. The first-order valence-electron chi connectivity index (χ1n) is 5.86. The maximum atomic E-state index is 5.24. The quantitative estimate of drug-likeness (QED) is 0.768. The Bertz CT molecular complexity index is 550. The van der Waals surface area contributed by atoms with Gasteiger partial charge < -0.3 is 4.74 Å². The molecule has 0 spiro atoms.